The minimum Gasteiger partial charge on any atom is -0.494 e. The summed E-state index contributed by atoms with van der Waals surface area (Å²) >= 11 is 3.49. The van der Waals surface area contributed by atoms with Crippen LogP contribution in [0.2, 0.25) is 0 Å². The standard InChI is InChI=1S/C31H38BrN3O5S/c1-4-33-31(37)29(22-24-11-7-6-8-12-24)34(23-25-13-9-14-26(32)21-25)30(36)15-10-20-35(41(3,38)39)27-16-18-28(19-17-27)40-5-2/h6-9,11-14,16-19,21,29H,4-5,10,15,20,22-23H2,1-3H3,(H,33,37)/t29-/m1/s1. The molecule has 0 aliphatic carbocycles. The zero-order valence-corrected chi connectivity index (χ0v) is 26.2. The van der Waals surface area contributed by atoms with Crippen molar-refractivity contribution in [3.8, 4) is 5.75 Å². The van der Waals surface area contributed by atoms with Gasteiger partial charge in [-0.3, -0.25) is 13.9 Å². The Morgan fingerprint density at radius 1 is 0.951 bits per heavy atom. The van der Waals surface area contributed by atoms with Gasteiger partial charge in [0, 0.05) is 36.9 Å². The van der Waals surface area contributed by atoms with Crippen molar-refractivity contribution < 1.29 is 22.7 Å². The molecule has 0 radical (unpaired) electrons. The number of anilines is 1. The van der Waals surface area contributed by atoms with Crippen LogP contribution < -0.4 is 14.4 Å². The number of ether oxygens (including phenoxy) is 1. The van der Waals surface area contributed by atoms with E-state index in [9.17, 15) is 18.0 Å². The predicted octanol–water partition coefficient (Wildman–Crippen LogP) is 5.17. The van der Waals surface area contributed by atoms with E-state index in [-0.39, 0.29) is 37.7 Å². The van der Waals surface area contributed by atoms with Gasteiger partial charge in [-0.1, -0.05) is 58.4 Å². The van der Waals surface area contributed by atoms with Crippen LogP contribution >= 0.6 is 15.9 Å². The maximum absolute atomic E-state index is 13.8. The molecule has 0 aromatic heterocycles. The second kappa shape index (κ2) is 15.6. The first-order chi connectivity index (χ1) is 19.6. The van der Waals surface area contributed by atoms with Crippen molar-refractivity contribution in [1.82, 2.24) is 10.2 Å². The SMILES string of the molecule is CCNC(=O)[C@@H](Cc1ccccc1)N(Cc1cccc(Br)c1)C(=O)CCCN(c1ccc(OCC)cc1)S(C)(=O)=O. The van der Waals surface area contributed by atoms with Gasteiger partial charge in [-0.05, 0) is 67.8 Å². The fraction of sp³-hybridized carbons (Fsp3) is 0.355. The number of likely N-dealkylation sites (N-methyl/N-ethyl adjacent to an activating group) is 1. The highest BCUT2D eigenvalue weighted by Gasteiger charge is 2.30. The summed E-state index contributed by atoms with van der Waals surface area (Å²) in [4.78, 5) is 28.7. The Kier molecular flexibility index (Phi) is 12.2. The Morgan fingerprint density at radius 3 is 2.24 bits per heavy atom. The van der Waals surface area contributed by atoms with Gasteiger partial charge < -0.3 is 15.0 Å². The summed E-state index contributed by atoms with van der Waals surface area (Å²) in [5, 5.41) is 2.89. The average Bonchev–Trinajstić information content (AvgIpc) is 2.94. The molecule has 3 aromatic rings. The highest BCUT2D eigenvalue weighted by atomic mass is 79.9. The molecular weight excluding hydrogens is 606 g/mol. The van der Waals surface area contributed by atoms with E-state index in [0.29, 0.717) is 31.0 Å². The van der Waals surface area contributed by atoms with Gasteiger partial charge >= 0.3 is 0 Å². The van der Waals surface area contributed by atoms with E-state index in [1.165, 1.54) is 4.31 Å². The number of hydrogen-bond acceptors (Lipinski definition) is 5. The fourth-order valence-electron chi connectivity index (χ4n) is 4.56. The van der Waals surface area contributed by atoms with Crippen molar-refractivity contribution in [2.75, 3.05) is 30.3 Å². The van der Waals surface area contributed by atoms with Gasteiger partial charge in [-0.2, -0.15) is 0 Å². The molecular formula is C31H38BrN3O5S. The molecule has 8 nitrogen and oxygen atoms in total. The summed E-state index contributed by atoms with van der Waals surface area (Å²) in [6, 6.07) is 23.3. The molecule has 220 valence electrons. The Hall–Kier alpha value is -3.37. The molecule has 1 atom stereocenters. The number of nitrogens with zero attached hydrogens (tertiary/aromatic N) is 2. The first kappa shape index (κ1) is 32.1. The second-order valence-corrected chi connectivity index (χ2v) is 12.4. The lowest BCUT2D eigenvalue weighted by Gasteiger charge is -2.32. The van der Waals surface area contributed by atoms with Crippen molar-refractivity contribution >= 4 is 43.5 Å². The van der Waals surface area contributed by atoms with E-state index in [1.807, 2.05) is 68.4 Å². The normalized spacial score (nSPS) is 11.9. The maximum atomic E-state index is 13.8. The van der Waals surface area contributed by atoms with E-state index >= 15 is 0 Å². The van der Waals surface area contributed by atoms with E-state index in [2.05, 4.69) is 21.2 Å². The van der Waals surface area contributed by atoms with Crippen molar-refractivity contribution in [2.45, 2.75) is 45.7 Å². The van der Waals surface area contributed by atoms with Crippen LogP contribution in [0.15, 0.2) is 83.3 Å². The van der Waals surface area contributed by atoms with Crippen LogP contribution in [0.1, 0.15) is 37.8 Å². The minimum atomic E-state index is -3.59. The van der Waals surface area contributed by atoms with E-state index in [0.717, 1.165) is 21.9 Å². The van der Waals surface area contributed by atoms with E-state index in [1.54, 1.807) is 29.2 Å². The molecule has 3 rings (SSSR count). The number of carbonyl (C=O) groups excluding carboxylic acids is 2. The van der Waals surface area contributed by atoms with Gasteiger partial charge in [-0.15, -0.1) is 0 Å². The lowest BCUT2D eigenvalue weighted by Crippen LogP contribution is -2.50. The third kappa shape index (κ3) is 9.89. The third-order valence-electron chi connectivity index (χ3n) is 6.45. The first-order valence-electron chi connectivity index (χ1n) is 13.7. The molecule has 41 heavy (non-hydrogen) atoms. The summed E-state index contributed by atoms with van der Waals surface area (Å²) in [6.45, 7) is 5.03. The third-order valence-corrected chi connectivity index (χ3v) is 8.14. The molecule has 0 saturated heterocycles. The Morgan fingerprint density at radius 2 is 1.63 bits per heavy atom. The van der Waals surface area contributed by atoms with Crippen LogP contribution in [0.4, 0.5) is 5.69 Å². The number of hydrogen-bond donors (Lipinski definition) is 1. The average molecular weight is 645 g/mol. The van der Waals surface area contributed by atoms with Crippen molar-refractivity contribution in [1.29, 1.82) is 0 Å². The number of halogens is 1. The zero-order chi connectivity index (χ0) is 29.8. The van der Waals surface area contributed by atoms with E-state index < -0.39 is 16.1 Å². The zero-order valence-electron chi connectivity index (χ0n) is 23.8. The Labute approximate surface area is 251 Å². The summed E-state index contributed by atoms with van der Waals surface area (Å²) in [5.74, 6) is 0.196. The molecule has 0 fully saturated rings. The van der Waals surface area contributed by atoms with Gasteiger partial charge in [0.15, 0.2) is 0 Å². The lowest BCUT2D eigenvalue weighted by atomic mass is 10.0. The molecule has 0 aliphatic rings. The van der Waals surface area contributed by atoms with Gasteiger partial charge in [0.25, 0.3) is 0 Å². The van der Waals surface area contributed by atoms with Crippen LogP contribution in [-0.2, 0) is 32.6 Å². The smallest absolute Gasteiger partial charge is 0.243 e. The number of amides is 2. The number of benzene rings is 3. The molecule has 2 amide bonds. The molecule has 1 N–H and O–H groups in total. The van der Waals surface area contributed by atoms with Crippen molar-refractivity contribution in [3.63, 3.8) is 0 Å². The number of carbonyl (C=O) groups is 2. The number of nitrogens with one attached hydrogen (secondary N) is 1. The predicted molar refractivity (Wildman–Crippen MR) is 166 cm³/mol. The summed E-state index contributed by atoms with van der Waals surface area (Å²) < 4.78 is 32.9. The molecule has 0 saturated carbocycles. The molecule has 10 heteroatoms. The Bertz CT molecular complexity index is 1380. The monoisotopic (exact) mass is 643 g/mol. The molecule has 0 bridgehead atoms. The van der Waals surface area contributed by atoms with Gasteiger partial charge in [0.1, 0.15) is 11.8 Å². The quantitative estimate of drug-likeness (QED) is 0.247. The lowest BCUT2D eigenvalue weighted by molar-refractivity contribution is -0.141. The molecule has 0 heterocycles. The van der Waals surface area contributed by atoms with Crippen molar-refractivity contribution in [2.24, 2.45) is 0 Å². The molecule has 3 aromatic carbocycles. The van der Waals surface area contributed by atoms with Gasteiger partial charge in [-0.25, -0.2) is 8.42 Å². The highest BCUT2D eigenvalue weighted by molar-refractivity contribution is 9.10. The molecule has 0 aliphatic heterocycles. The second-order valence-electron chi connectivity index (χ2n) is 9.62. The van der Waals surface area contributed by atoms with E-state index in [4.69, 9.17) is 4.74 Å². The van der Waals surface area contributed by atoms with Crippen LogP contribution in [0.3, 0.4) is 0 Å². The summed E-state index contributed by atoms with van der Waals surface area (Å²) in [7, 11) is -3.59. The van der Waals surface area contributed by atoms with Crippen LogP contribution in [0.5, 0.6) is 5.75 Å². The molecule has 0 unspecified atom stereocenters. The van der Waals surface area contributed by atoms with Crippen LogP contribution in [-0.4, -0.2) is 57.1 Å². The largest absolute Gasteiger partial charge is 0.494 e. The van der Waals surface area contributed by atoms with Crippen LogP contribution in [0.25, 0.3) is 0 Å². The molecule has 0 spiro atoms. The minimum absolute atomic E-state index is 0.0712. The number of sulfonamides is 1. The fourth-order valence-corrected chi connectivity index (χ4v) is 5.97. The highest BCUT2D eigenvalue weighted by Crippen LogP contribution is 2.23. The van der Waals surface area contributed by atoms with Crippen LogP contribution in [0, 0.1) is 0 Å². The maximum Gasteiger partial charge on any atom is 0.243 e. The van der Waals surface area contributed by atoms with Gasteiger partial charge in [0.2, 0.25) is 21.8 Å². The van der Waals surface area contributed by atoms with Gasteiger partial charge in [0.05, 0.1) is 18.6 Å². The topological polar surface area (TPSA) is 96.0 Å². The Balaban J connectivity index is 1.84. The summed E-state index contributed by atoms with van der Waals surface area (Å²) in [6.07, 6.45) is 1.85. The first-order valence-corrected chi connectivity index (χ1v) is 16.3. The van der Waals surface area contributed by atoms with Crippen molar-refractivity contribution in [3.05, 3.63) is 94.5 Å². The number of rotatable bonds is 15. The summed E-state index contributed by atoms with van der Waals surface area (Å²) in [5.41, 5.74) is 2.32.